The zero-order valence-corrected chi connectivity index (χ0v) is 14.7. The summed E-state index contributed by atoms with van der Waals surface area (Å²) >= 11 is 0. The van der Waals surface area contributed by atoms with Crippen LogP contribution in [0.3, 0.4) is 0 Å². The molecule has 0 radical (unpaired) electrons. The summed E-state index contributed by atoms with van der Waals surface area (Å²) < 4.78 is 25.6. The van der Waals surface area contributed by atoms with Crippen LogP contribution in [0.1, 0.15) is 34.0 Å². The molecule has 1 aromatic heterocycles. The molecule has 128 valence electrons. The number of fused-ring (bicyclic) bond motifs is 1. The van der Waals surface area contributed by atoms with E-state index in [1.807, 2.05) is 11.5 Å². The molecule has 1 aromatic carbocycles. The maximum absolute atomic E-state index is 12.5. The number of aryl methyl sites for hydroxylation is 3. The van der Waals surface area contributed by atoms with E-state index < -0.39 is 9.84 Å². The van der Waals surface area contributed by atoms with E-state index in [-0.39, 0.29) is 16.8 Å². The van der Waals surface area contributed by atoms with Crippen molar-refractivity contribution in [1.29, 1.82) is 0 Å². The summed E-state index contributed by atoms with van der Waals surface area (Å²) in [4.78, 5) is 12.7. The fourth-order valence-corrected chi connectivity index (χ4v) is 3.98. The van der Waals surface area contributed by atoms with Gasteiger partial charge in [0.2, 0.25) is 0 Å². The van der Waals surface area contributed by atoms with Crippen LogP contribution in [-0.2, 0) is 22.8 Å². The van der Waals surface area contributed by atoms with Crippen LogP contribution < -0.4 is 5.32 Å². The minimum Gasteiger partial charge on any atom is -0.347 e. The van der Waals surface area contributed by atoms with Crippen molar-refractivity contribution in [3.63, 3.8) is 0 Å². The molecule has 24 heavy (non-hydrogen) atoms. The molecule has 3 rings (SSSR count). The second-order valence-electron chi connectivity index (χ2n) is 6.24. The highest BCUT2D eigenvalue weighted by Gasteiger charge is 2.23. The molecule has 2 aromatic rings. The molecule has 1 aliphatic rings. The van der Waals surface area contributed by atoms with Gasteiger partial charge in [-0.2, -0.15) is 0 Å². The summed E-state index contributed by atoms with van der Waals surface area (Å²) in [6, 6.07) is 4.73. The van der Waals surface area contributed by atoms with Gasteiger partial charge in [-0.05, 0) is 38.0 Å². The first-order valence-corrected chi connectivity index (χ1v) is 9.65. The van der Waals surface area contributed by atoms with Crippen LogP contribution in [0.2, 0.25) is 0 Å². The van der Waals surface area contributed by atoms with Crippen molar-refractivity contribution in [2.45, 2.75) is 44.2 Å². The molecule has 2 heterocycles. The number of nitrogens with one attached hydrogen (secondary N) is 1. The zero-order chi connectivity index (χ0) is 17.5. The van der Waals surface area contributed by atoms with E-state index in [1.54, 1.807) is 19.1 Å². The Kier molecular flexibility index (Phi) is 4.16. The molecule has 1 aliphatic heterocycles. The number of aromatic nitrogens is 3. The van der Waals surface area contributed by atoms with Crippen LogP contribution in [0.4, 0.5) is 0 Å². The Morgan fingerprint density at radius 1 is 1.29 bits per heavy atom. The smallest absolute Gasteiger partial charge is 0.251 e. The lowest BCUT2D eigenvalue weighted by Gasteiger charge is -2.25. The molecular weight excluding hydrogens is 328 g/mol. The van der Waals surface area contributed by atoms with Crippen LogP contribution in [0, 0.1) is 13.8 Å². The molecule has 1 amide bonds. The molecular formula is C16H20N4O3S. The Morgan fingerprint density at radius 2 is 2.04 bits per heavy atom. The lowest BCUT2D eigenvalue weighted by Crippen LogP contribution is -2.41. The predicted octanol–water partition coefficient (Wildman–Crippen LogP) is 1.04. The molecule has 1 atom stereocenters. The van der Waals surface area contributed by atoms with E-state index in [4.69, 9.17) is 0 Å². The Labute approximate surface area is 141 Å². The standard InChI is InChI=1S/C16H20N4O3S/c1-10-4-5-12(8-14(10)24(3,22)23)16(21)17-13-6-7-15-19-18-11(2)20(15)9-13/h4-5,8,13H,6-7,9H2,1-3H3,(H,17,21). The van der Waals surface area contributed by atoms with Gasteiger partial charge < -0.3 is 9.88 Å². The first-order chi connectivity index (χ1) is 11.3. The Morgan fingerprint density at radius 3 is 2.75 bits per heavy atom. The monoisotopic (exact) mass is 348 g/mol. The second kappa shape index (κ2) is 6.01. The first kappa shape index (κ1) is 16.6. The van der Waals surface area contributed by atoms with Gasteiger partial charge in [0.25, 0.3) is 5.91 Å². The minimum absolute atomic E-state index is 0.0253. The van der Waals surface area contributed by atoms with E-state index in [9.17, 15) is 13.2 Å². The largest absolute Gasteiger partial charge is 0.347 e. The van der Waals surface area contributed by atoms with Crippen molar-refractivity contribution in [3.8, 4) is 0 Å². The summed E-state index contributed by atoms with van der Waals surface area (Å²) in [7, 11) is -3.36. The summed E-state index contributed by atoms with van der Waals surface area (Å²) in [5.41, 5.74) is 0.990. The molecule has 7 nitrogen and oxygen atoms in total. The van der Waals surface area contributed by atoms with Gasteiger partial charge in [-0.3, -0.25) is 4.79 Å². The topological polar surface area (TPSA) is 93.9 Å². The lowest BCUT2D eigenvalue weighted by atomic mass is 10.1. The lowest BCUT2D eigenvalue weighted by molar-refractivity contribution is 0.0927. The Hall–Kier alpha value is -2.22. The van der Waals surface area contributed by atoms with Crippen LogP contribution in [0.15, 0.2) is 23.1 Å². The SMILES string of the molecule is Cc1ccc(C(=O)NC2CCc3nnc(C)n3C2)cc1S(C)(=O)=O. The van der Waals surface area contributed by atoms with Crippen molar-refractivity contribution in [1.82, 2.24) is 20.1 Å². The van der Waals surface area contributed by atoms with Crippen molar-refractivity contribution < 1.29 is 13.2 Å². The van der Waals surface area contributed by atoms with Gasteiger partial charge in [0.15, 0.2) is 9.84 Å². The van der Waals surface area contributed by atoms with E-state index in [0.717, 1.165) is 30.7 Å². The quantitative estimate of drug-likeness (QED) is 0.894. The van der Waals surface area contributed by atoms with E-state index in [0.29, 0.717) is 17.7 Å². The molecule has 0 saturated heterocycles. The molecule has 0 saturated carbocycles. The predicted molar refractivity (Wildman–Crippen MR) is 88.6 cm³/mol. The summed E-state index contributed by atoms with van der Waals surface area (Å²) in [5, 5.41) is 11.1. The maximum atomic E-state index is 12.5. The molecule has 0 bridgehead atoms. The average molecular weight is 348 g/mol. The number of amides is 1. The molecule has 8 heteroatoms. The van der Waals surface area contributed by atoms with Gasteiger partial charge in [0.1, 0.15) is 11.6 Å². The van der Waals surface area contributed by atoms with Gasteiger partial charge in [0.05, 0.1) is 4.90 Å². The molecule has 0 fully saturated rings. The summed E-state index contributed by atoms with van der Waals surface area (Å²) in [5.74, 6) is 1.51. The van der Waals surface area contributed by atoms with Gasteiger partial charge in [-0.25, -0.2) is 8.42 Å². The number of hydrogen-bond acceptors (Lipinski definition) is 5. The normalized spacial score (nSPS) is 17.4. The number of rotatable bonds is 3. The number of hydrogen-bond donors (Lipinski definition) is 1. The summed E-state index contributed by atoms with van der Waals surface area (Å²) in [6.45, 7) is 4.24. The van der Waals surface area contributed by atoms with Gasteiger partial charge in [0, 0.05) is 30.8 Å². The third-order valence-electron chi connectivity index (χ3n) is 4.32. The number of nitrogens with zero attached hydrogens (tertiary/aromatic N) is 3. The fourth-order valence-electron chi connectivity index (χ4n) is 2.99. The van der Waals surface area contributed by atoms with E-state index >= 15 is 0 Å². The highest BCUT2D eigenvalue weighted by atomic mass is 32.2. The first-order valence-electron chi connectivity index (χ1n) is 7.76. The molecule has 0 aliphatic carbocycles. The maximum Gasteiger partial charge on any atom is 0.251 e. The molecule has 1 unspecified atom stereocenters. The van der Waals surface area contributed by atoms with Crippen molar-refractivity contribution in [2.75, 3.05) is 6.26 Å². The number of carbonyl (C=O) groups excluding carboxylic acids is 1. The van der Waals surface area contributed by atoms with Gasteiger partial charge >= 0.3 is 0 Å². The number of carbonyl (C=O) groups is 1. The Balaban J connectivity index is 1.78. The van der Waals surface area contributed by atoms with Crippen molar-refractivity contribution >= 4 is 15.7 Å². The molecule has 1 N–H and O–H groups in total. The summed E-state index contributed by atoms with van der Waals surface area (Å²) in [6.07, 6.45) is 2.69. The van der Waals surface area contributed by atoms with Crippen LogP contribution in [-0.4, -0.2) is 41.4 Å². The van der Waals surface area contributed by atoms with Crippen LogP contribution in [0.5, 0.6) is 0 Å². The van der Waals surface area contributed by atoms with E-state index in [2.05, 4.69) is 15.5 Å². The third-order valence-corrected chi connectivity index (χ3v) is 5.56. The van der Waals surface area contributed by atoms with Gasteiger partial charge in [-0.1, -0.05) is 6.07 Å². The van der Waals surface area contributed by atoms with Crippen LogP contribution >= 0.6 is 0 Å². The highest BCUT2D eigenvalue weighted by Crippen LogP contribution is 2.18. The minimum atomic E-state index is -3.36. The average Bonchev–Trinajstić information content (AvgIpc) is 2.87. The van der Waals surface area contributed by atoms with Gasteiger partial charge in [-0.15, -0.1) is 10.2 Å². The van der Waals surface area contributed by atoms with Crippen molar-refractivity contribution in [3.05, 3.63) is 41.0 Å². The fraction of sp³-hybridized carbons (Fsp3) is 0.438. The molecule has 0 spiro atoms. The second-order valence-corrected chi connectivity index (χ2v) is 8.22. The number of benzene rings is 1. The van der Waals surface area contributed by atoms with E-state index in [1.165, 1.54) is 6.07 Å². The zero-order valence-electron chi connectivity index (χ0n) is 13.9. The third kappa shape index (κ3) is 3.19. The van der Waals surface area contributed by atoms with Crippen molar-refractivity contribution in [2.24, 2.45) is 0 Å². The van der Waals surface area contributed by atoms with Crippen LogP contribution in [0.25, 0.3) is 0 Å². The Bertz CT molecular complexity index is 902. The number of sulfone groups is 1. The highest BCUT2D eigenvalue weighted by molar-refractivity contribution is 7.90.